The predicted octanol–water partition coefficient (Wildman–Crippen LogP) is 5.79. The number of unbranched alkanes of at least 4 members (excludes halogenated alkanes) is 7. The zero-order valence-corrected chi connectivity index (χ0v) is 13.1. The largest absolute Gasteiger partial charge is 0.393 e. The summed E-state index contributed by atoms with van der Waals surface area (Å²) in [5.41, 5.74) is 0. The first-order valence-corrected chi connectivity index (χ1v) is 8.25. The van der Waals surface area contributed by atoms with Gasteiger partial charge in [-0.15, -0.1) is 0 Å². The van der Waals surface area contributed by atoms with Crippen LogP contribution in [-0.2, 0) is 0 Å². The highest BCUT2D eigenvalue weighted by Crippen LogP contribution is 2.08. The molecule has 0 spiro atoms. The van der Waals surface area contributed by atoms with Crippen LogP contribution >= 0.6 is 0 Å². The molecule has 0 fully saturated rings. The first kappa shape index (κ1) is 18.4. The quantitative estimate of drug-likeness (QED) is 0.330. The van der Waals surface area contributed by atoms with E-state index in [1.165, 1.54) is 57.8 Å². The lowest BCUT2D eigenvalue weighted by Gasteiger charge is -2.02. The van der Waals surface area contributed by atoms with E-state index in [1.807, 2.05) is 6.92 Å². The van der Waals surface area contributed by atoms with Gasteiger partial charge in [-0.1, -0.05) is 63.3 Å². The van der Waals surface area contributed by atoms with Crippen molar-refractivity contribution < 1.29 is 5.11 Å². The zero-order valence-electron chi connectivity index (χ0n) is 13.1. The molecule has 1 heteroatoms. The van der Waals surface area contributed by atoms with Gasteiger partial charge >= 0.3 is 0 Å². The standard InChI is InChI=1S/C18H34O/c1-3-4-5-6-7-8-9-10-11-12-13-14-15-16-17-18(2)19/h7-8,10-11,18-19H,3-6,9,12-17H2,1-2H3. The van der Waals surface area contributed by atoms with Crippen molar-refractivity contribution in [2.75, 3.05) is 0 Å². The summed E-state index contributed by atoms with van der Waals surface area (Å²) in [6.07, 6.45) is 22.6. The minimum absolute atomic E-state index is 0.121. The fourth-order valence-electron chi connectivity index (χ4n) is 2.07. The Hall–Kier alpha value is -0.560. The predicted molar refractivity (Wildman–Crippen MR) is 86.4 cm³/mol. The van der Waals surface area contributed by atoms with Crippen molar-refractivity contribution >= 4 is 0 Å². The maximum absolute atomic E-state index is 9.13. The Kier molecular flexibility index (Phi) is 15.0. The highest BCUT2D eigenvalue weighted by molar-refractivity contribution is 4.92. The molecule has 112 valence electrons. The van der Waals surface area contributed by atoms with Crippen LogP contribution in [0.5, 0.6) is 0 Å². The fourth-order valence-corrected chi connectivity index (χ4v) is 2.07. The monoisotopic (exact) mass is 266 g/mol. The summed E-state index contributed by atoms with van der Waals surface area (Å²) in [5.74, 6) is 0. The van der Waals surface area contributed by atoms with Crippen LogP contribution in [0.4, 0.5) is 0 Å². The van der Waals surface area contributed by atoms with Crippen molar-refractivity contribution in [3.63, 3.8) is 0 Å². The van der Waals surface area contributed by atoms with E-state index in [2.05, 4.69) is 31.2 Å². The lowest BCUT2D eigenvalue weighted by Crippen LogP contribution is -1.97. The van der Waals surface area contributed by atoms with E-state index in [4.69, 9.17) is 5.11 Å². The summed E-state index contributed by atoms with van der Waals surface area (Å²) < 4.78 is 0. The molecule has 0 aromatic heterocycles. The number of hydrogen-bond donors (Lipinski definition) is 1. The van der Waals surface area contributed by atoms with Crippen LogP contribution in [0.15, 0.2) is 24.3 Å². The number of aliphatic hydroxyl groups excluding tert-OH is 1. The van der Waals surface area contributed by atoms with Gasteiger partial charge in [0.15, 0.2) is 0 Å². The molecule has 1 atom stereocenters. The van der Waals surface area contributed by atoms with Crippen LogP contribution in [0.1, 0.15) is 84.5 Å². The normalized spacial score (nSPS) is 13.6. The van der Waals surface area contributed by atoms with Gasteiger partial charge in [0.25, 0.3) is 0 Å². The Balaban J connectivity index is 3.17. The number of rotatable bonds is 13. The minimum atomic E-state index is -0.121. The molecule has 0 aliphatic rings. The van der Waals surface area contributed by atoms with E-state index in [1.54, 1.807) is 0 Å². The molecule has 19 heavy (non-hydrogen) atoms. The second kappa shape index (κ2) is 15.5. The Labute approximate surface area is 120 Å². The molecule has 0 heterocycles. The van der Waals surface area contributed by atoms with Crippen LogP contribution in [-0.4, -0.2) is 11.2 Å². The molecule has 0 rings (SSSR count). The molecule has 0 amide bonds. The van der Waals surface area contributed by atoms with Gasteiger partial charge in [-0.05, 0) is 45.4 Å². The van der Waals surface area contributed by atoms with Crippen LogP contribution in [0, 0.1) is 0 Å². The van der Waals surface area contributed by atoms with Gasteiger partial charge < -0.3 is 5.11 Å². The Morgan fingerprint density at radius 2 is 1.37 bits per heavy atom. The summed E-state index contributed by atoms with van der Waals surface area (Å²) >= 11 is 0. The number of aliphatic hydroxyl groups is 1. The molecule has 0 aromatic rings. The van der Waals surface area contributed by atoms with Crippen molar-refractivity contribution in [3.8, 4) is 0 Å². The third-order valence-electron chi connectivity index (χ3n) is 3.32. The molecule has 1 N–H and O–H groups in total. The highest BCUT2D eigenvalue weighted by atomic mass is 16.3. The zero-order chi connectivity index (χ0) is 14.2. The van der Waals surface area contributed by atoms with Crippen LogP contribution in [0.25, 0.3) is 0 Å². The SMILES string of the molecule is CCCCCC=CCC=CCCCCCCC(C)O. The van der Waals surface area contributed by atoms with E-state index in [9.17, 15) is 0 Å². The lowest BCUT2D eigenvalue weighted by molar-refractivity contribution is 0.180. The molecular weight excluding hydrogens is 232 g/mol. The van der Waals surface area contributed by atoms with Crippen molar-refractivity contribution in [2.45, 2.75) is 90.6 Å². The van der Waals surface area contributed by atoms with Crippen LogP contribution in [0.2, 0.25) is 0 Å². The molecule has 1 unspecified atom stereocenters. The van der Waals surface area contributed by atoms with E-state index in [0.717, 1.165) is 12.8 Å². The maximum Gasteiger partial charge on any atom is 0.0512 e. The van der Waals surface area contributed by atoms with Crippen molar-refractivity contribution in [1.29, 1.82) is 0 Å². The second-order valence-corrected chi connectivity index (χ2v) is 5.51. The maximum atomic E-state index is 9.13. The van der Waals surface area contributed by atoms with Gasteiger partial charge in [0.05, 0.1) is 6.10 Å². The van der Waals surface area contributed by atoms with E-state index in [0.29, 0.717) is 0 Å². The van der Waals surface area contributed by atoms with Gasteiger partial charge in [0.2, 0.25) is 0 Å². The summed E-state index contributed by atoms with van der Waals surface area (Å²) in [4.78, 5) is 0. The van der Waals surface area contributed by atoms with Crippen LogP contribution in [0.3, 0.4) is 0 Å². The molecule has 0 saturated carbocycles. The third kappa shape index (κ3) is 17.4. The Bertz CT molecular complexity index is 216. The van der Waals surface area contributed by atoms with Gasteiger partial charge in [-0.25, -0.2) is 0 Å². The molecule has 1 nitrogen and oxygen atoms in total. The van der Waals surface area contributed by atoms with E-state index >= 15 is 0 Å². The molecule has 0 aliphatic heterocycles. The average Bonchev–Trinajstić information content (AvgIpc) is 2.39. The highest BCUT2D eigenvalue weighted by Gasteiger charge is 1.94. The number of hydrogen-bond acceptors (Lipinski definition) is 1. The Morgan fingerprint density at radius 1 is 0.789 bits per heavy atom. The van der Waals surface area contributed by atoms with E-state index in [-0.39, 0.29) is 6.10 Å². The summed E-state index contributed by atoms with van der Waals surface area (Å²) in [7, 11) is 0. The molecule has 0 bridgehead atoms. The van der Waals surface area contributed by atoms with Gasteiger partial charge in [0.1, 0.15) is 0 Å². The first-order valence-electron chi connectivity index (χ1n) is 8.25. The fraction of sp³-hybridized carbons (Fsp3) is 0.778. The van der Waals surface area contributed by atoms with Crippen molar-refractivity contribution in [3.05, 3.63) is 24.3 Å². The smallest absolute Gasteiger partial charge is 0.0512 e. The van der Waals surface area contributed by atoms with Crippen molar-refractivity contribution in [2.24, 2.45) is 0 Å². The molecule has 0 aromatic carbocycles. The Morgan fingerprint density at radius 3 is 1.95 bits per heavy atom. The summed E-state index contributed by atoms with van der Waals surface area (Å²) in [6, 6.07) is 0. The summed E-state index contributed by atoms with van der Waals surface area (Å²) in [5, 5.41) is 9.13. The lowest BCUT2D eigenvalue weighted by atomic mass is 10.1. The molecule has 0 aliphatic carbocycles. The van der Waals surface area contributed by atoms with Gasteiger partial charge in [0, 0.05) is 0 Å². The third-order valence-corrected chi connectivity index (χ3v) is 3.32. The number of allylic oxidation sites excluding steroid dienone is 4. The second-order valence-electron chi connectivity index (χ2n) is 5.51. The first-order chi connectivity index (χ1) is 9.27. The van der Waals surface area contributed by atoms with Gasteiger partial charge in [-0.2, -0.15) is 0 Å². The molecule has 0 saturated heterocycles. The average molecular weight is 266 g/mol. The molecule has 0 radical (unpaired) electrons. The van der Waals surface area contributed by atoms with Crippen molar-refractivity contribution in [1.82, 2.24) is 0 Å². The molecular formula is C18H34O. The summed E-state index contributed by atoms with van der Waals surface area (Å²) in [6.45, 7) is 4.12. The topological polar surface area (TPSA) is 20.2 Å². The van der Waals surface area contributed by atoms with E-state index < -0.39 is 0 Å². The van der Waals surface area contributed by atoms with Crippen LogP contribution < -0.4 is 0 Å². The minimum Gasteiger partial charge on any atom is -0.393 e. The van der Waals surface area contributed by atoms with Gasteiger partial charge in [-0.3, -0.25) is 0 Å².